The fourth-order valence-corrected chi connectivity index (χ4v) is 5.01. The van der Waals surface area contributed by atoms with Crippen LogP contribution >= 0.6 is 11.6 Å². The average Bonchev–Trinajstić information content (AvgIpc) is 3.29. The Labute approximate surface area is 216 Å². The van der Waals surface area contributed by atoms with E-state index in [4.69, 9.17) is 20.4 Å². The highest BCUT2D eigenvalue weighted by Gasteiger charge is 2.41. The summed E-state index contributed by atoms with van der Waals surface area (Å²) in [7, 11) is -2.16. The van der Waals surface area contributed by atoms with Gasteiger partial charge in [-0.15, -0.1) is 10.2 Å². The van der Waals surface area contributed by atoms with Gasteiger partial charge in [-0.05, 0) is 61.8 Å². The van der Waals surface area contributed by atoms with Crippen molar-refractivity contribution in [2.24, 2.45) is 0 Å². The summed E-state index contributed by atoms with van der Waals surface area (Å²) < 4.78 is 12.7. The van der Waals surface area contributed by atoms with E-state index in [0.717, 1.165) is 5.56 Å². The number of non-ortho nitro benzene ring substituents is 1. The third-order valence-corrected chi connectivity index (χ3v) is 11.7. The van der Waals surface area contributed by atoms with Crippen LogP contribution in [0.3, 0.4) is 0 Å². The highest BCUT2D eigenvalue weighted by molar-refractivity contribution is 6.74. The smallest absolute Gasteiger partial charge is 0.269 e. The van der Waals surface area contributed by atoms with Gasteiger partial charge < -0.3 is 14.2 Å². The van der Waals surface area contributed by atoms with Crippen LogP contribution in [0.4, 0.5) is 11.4 Å². The molecule has 1 N–H and O–H groups in total. The molecule has 3 rings (SSSR count). The normalized spacial score (nSPS) is 13.6. The maximum atomic E-state index is 11.0. The SMILES string of the molecule is Cc1c(N[C@@H](c2nnc(-c3ccc([N+](=O)[O-])cc3)o2)[C@@H](C)O[Si](C)(C)C(C)(C)C)ccc(C#N)c1Cl. The molecular weight excluding hydrogens is 498 g/mol. The van der Waals surface area contributed by atoms with E-state index >= 15 is 0 Å². The van der Waals surface area contributed by atoms with Crippen molar-refractivity contribution in [3.63, 3.8) is 0 Å². The molecule has 0 amide bonds. The van der Waals surface area contributed by atoms with Crippen LogP contribution in [-0.2, 0) is 4.43 Å². The largest absolute Gasteiger partial charge is 0.418 e. The Morgan fingerprint density at radius 1 is 1.19 bits per heavy atom. The van der Waals surface area contributed by atoms with Crippen molar-refractivity contribution in [1.82, 2.24) is 10.2 Å². The third kappa shape index (κ3) is 5.75. The average molecular weight is 528 g/mol. The number of nitrogens with zero attached hydrogens (tertiary/aromatic N) is 4. The lowest BCUT2D eigenvalue weighted by molar-refractivity contribution is -0.384. The predicted molar refractivity (Wildman–Crippen MR) is 141 cm³/mol. The van der Waals surface area contributed by atoms with E-state index in [2.05, 4.69) is 55.4 Å². The van der Waals surface area contributed by atoms with Crippen molar-refractivity contribution in [3.8, 4) is 17.5 Å². The zero-order chi connectivity index (χ0) is 26.8. The van der Waals surface area contributed by atoms with Crippen molar-refractivity contribution in [2.75, 3.05) is 5.32 Å². The van der Waals surface area contributed by atoms with Gasteiger partial charge in [-0.1, -0.05) is 32.4 Å². The number of halogens is 1. The molecule has 3 aromatic rings. The number of benzene rings is 2. The first kappa shape index (κ1) is 27.3. The first-order chi connectivity index (χ1) is 16.7. The number of nitriles is 1. The minimum atomic E-state index is -2.16. The van der Waals surface area contributed by atoms with E-state index in [9.17, 15) is 15.4 Å². The van der Waals surface area contributed by atoms with Crippen molar-refractivity contribution in [1.29, 1.82) is 5.26 Å². The standard InChI is InChI=1S/C25H30ClN5O4Si/c1-15-20(13-10-18(14-27)21(15)26)28-22(16(2)35-36(6,7)25(3,4)5)24-30-29-23(34-24)17-8-11-19(12-9-17)31(32)33/h8-13,16,22,28H,1-7H3/t16-,22-/m1/s1. The summed E-state index contributed by atoms with van der Waals surface area (Å²) in [5.74, 6) is 0.537. The van der Waals surface area contributed by atoms with Crippen LogP contribution in [0, 0.1) is 28.4 Å². The number of anilines is 1. The highest BCUT2D eigenvalue weighted by atomic mass is 35.5. The summed E-state index contributed by atoms with van der Waals surface area (Å²) in [6.45, 7) is 14.6. The molecular formula is C25H30ClN5O4Si. The molecule has 2 aromatic carbocycles. The van der Waals surface area contributed by atoms with Crippen LogP contribution in [0.25, 0.3) is 11.5 Å². The second kappa shape index (κ2) is 10.4. The number of nitro groups is 1. The predicted octanol–water partition coefficient (Wildman–Crippen LogP) is 7.04. The first-order valence-electron chi connectivity index (χ1n) is 11.5. The maximum absolute atomic E-state index is 11.0. The van der Waals surface area contributed by atoms with Crippen LogP contribution < -0.4 is 5.32 Å². The molecule has 190 valence electrons. The Hall–Kier alpha value is -3.26. The third-order valence-electron chi connectivity index (χ3n) is 6.61. The Bertz CT molecular complexity index is 1300. The quantitative estimate of drug-likeness (QED) is 0.187. The topological polar surface area (TPSA) is 127 Å². The molecule has 9 nitrogen and oxygen atoms in total. The molecule has 0 spiro atoms. The van der Waals surface area contributed by atoms with E-state index < -0.39 is 19.3 Å². The summed E-state index contributed by atoms with van der Waals surface area (Å²) in [5.41, 5.74) is 2.36. The summed E-state index contributed by atoms with van der Waals surface area (Å²) in [6, 6.07) is 10.9. The molecule has 1 heterocycles. The lowest BCUT2D eigenvalue weighted by atomic mass is 10.1. The van der Waals surface area contributed by atoms with Gasteiger partial charge in [-0.3, -0.25) is 10.1 Å². The van der Waals surface area contributed by atoms with Crippen molar-refractivity contribution in [2.45, 2.75) is 64.9 Å². The summed E-state index contributed by atoms with van der Waals surface area (Å²) in [5, 5.41) is 32.5. The fraction of sp³-hybridized carbons (Fsp3) is 0.400. The molecule has 1 aromatic heterocycles. The van der Waals surface area contributed by atoms with Crippen LogP contribution in [0.5, 0.6) is 0 Å². The van der Waals surface area contributed by atoms with Crippen molar-refractivity contribution < 1.29 is 13.8 Å². The van der Waals surface area contributed by atoms with Gasteiger partial charge in [0.25, 0.3) is 5.69 Å². The van der Waals surface area contributed by atoms with Gasteiger partial charge in [-0.2, -0.15) is 5.26 Å². The Morgan fingerprint density at radius 2 is 1.83 bits per heavy atom. The van der Waals surface area contributed by atoms with E-state index in [0.29, 0.717) is 27.7 Å². The number of rotatable bonds is 8. The number of nitrogens with one attached hydrogen (secondary N) is 1. The van der Waals surface area contributed by atoms with Gasteiger partial charge in [0.05, 0.1) is 21.6 Å². The Balaban J connectivity index is 2.00. The lowest BCUT2D eigenvalue weighted by Crippen LogP contribution is -2.45. The second-order valence-corrected chi connectivity index (χ2v) is 15.3. The minimum Gasteiger partial charge on any atom is -0.418 e. The molecule has 0 radical (unpaired) electrons. The second-order valence-electron chi connectivity index (χ2n) is 10.2. The molecule has 0 unspecified atom stereocenters. The molecule has 0 saturated heterocycles. The van der Waals surface area contributed by atoms with Crippen molar-refractivity contribution >= 4 is 31.3 Å². The zero-order valence-electron chi connectivity index (χ0n) is 21.4. The number of hydrogen-bond donors (Lipinski definition) is 1. The van der Waals surface area contributed by atoms with Gasteiger partial charge in [0.15, 0.2) is 8.32 Å². The summed E-state index contributed by atoms with van der Waals surface area (Å²) >= 11 is 6.41. The molecule has 0 bridgehead atoms. The monoisotopic (exact) mass is 527 g/mol. The lowest BCUT2D eigenvalue weighted by Gasteiger charge is -2.40. The van der Waals surface area contributed by atoms with Crippen LogP contribution in [0.2, 0.25) is 23.2 Å². The molecule has 11 heteroatoms. The number of nitro benzene ring substituents is 1. The Kier molecular flexibility index (Phi) is 7.88. The molecule has 0 saturated carbocycles. The molecule has 0 aliphatic heterocycles. The van der Waals surface area contributed by atoms with Crippen molar-refractivity contribution in [3.05, 3.63) is 68.6 Å². The minimum absolute atomic E-state index is 0.0156. The molecule has 0 fully saturated rings. The van der Waals surface area contributed by atoms with Gasteiger partial charge in [0, 0.05) is 23.4 Å². The van der Waals surface area contributed by atoms with Crippen LogP contribution in [0.15, 0.2) is 40.8 Å². The first-order valence-corrected chi connectivity index (χ1v) is 14.8. The molecule has 36 heavy (non-hydrogen) atoms. The molecule has 0 aliphatic carbocycles. The molecule has 0 aliphatic rings. The summed E-state index contributed by atoms with van der Waals surface area (Å²) in [6.07, 6.45) is -0.357. The van der Waals surface area contributed by atoms with Gasteiger partial charge in [0.2, 0.25) is 11.8 Å². The van der Waals surface area contributed by atoms with Crippen LogP contribution in [0.1, 0.15) is 50.8 Å². The Morgan fingerprint density at radius 3 is 2.39 bits per heavy atom. The fourth-order valence-electron chi connectivity index (χ4n) is 3.39. The highest BCUT2D eigenvalue weighted by Crippen LogP contribution is 2.40. The van der Waals surface area contributed by atoms with Crippen LogP contribution in [-0.4, -0.2) is 29.5 Å². The zero-order valence-corrected chi connectivity index (χ0v) is 23.2. The van der Waals surface area contributed by atoms with Gasteiger partial charge >= 0.3 is 0 Å². The number of hydrogen-bond acceptors (Lipinski definition) is 8. The van der Waals surface area contributed by atoms with E-state index in [1.54, 1.807) is 24.3 Å². The van der Waals surface area contributed by atoms with Gasteiger partial charge in [-0.25, -0.2) is 0 Å². The van der Waals surface area contributed by atoms with Gasteiger partial charge in [0.1, 0.15) is 12.1 Å². The number of aromatic nitrogens is 2. The van der Waals surface area contributed by atoms with E-state index in [1.165, 1.54) is 12.1 Å². The van der Waals surface area contributed by atoms with E-state index in [-0.39, 0.29) is 22.7 Å². The summed E-state index contributed by atoms with van der Waals surface area (Å²) in [4.78, 5) is 10.5. The maximum Gasteiger partial charge on any atom is 0.269 e. The molecule has 2 atom stereocenters. The van der Waals surface area contributed by atoms with E-state index in [1.807, 2.05) is 13.8 Å².